The predicted molar refractivity (Wildman–Crippen MR) is 89.4 cm³/mol. The third kappa shape index (κ3) is 4.24. The highest BCUT2D eigenvalue weighted by molar-refractivity contribution is 7.89. The number of hydrogen-bond donors (Lipinski definition) is 2. The number of sulfonamides is 1. The van der Waals surface area contributed by atoms with E-state index in [2.05, 4.69) is 0 Å². The van der Waals surface area contributed by atoms with Crippen LogP contribution in [0.3, 0.4) is 0 Å². The molecule has 0 aliphatic carbocycles. The standard InChI is InChI=1S/C15H31N3O4S/c1-12(22-2)14(6-5-7-16)23(20,21)17-8-3-4-9-18-13(11-17)10-15(18)19/h12-15,19H,3-11,16H2,1-2H3/t12?,13-,14?,15-/m1/s1. The van der Waals surface area contributed by atoms with Gasteiger partial charge in [0.25, 0.3) is 0 Å². The van der Waals surface area contributed by atoms with Gasteiger partial charge in [-0.25, -0.2) is 12.7 Å². The van der Waals surface area contributed by atoms with Gasteiger partial charge < -0.3 is 15.6 Å². The number of methoxy groups -OCH3 is 1. The second-order valence-corrected chi connectivity index (χ2v) is 8.78. The minimum Gasteiger partial charge on any atom is -0.380 e. The fraction of sp³-hybridized carbons (Fsp3) is 1.00. The molecule has 136 valence electrons. The monoisotopic (exact) mass is 349 g/mol. The SMILES string of the molecule is COC(C)C(CCCN)S(=O)(=O)N1CCCCN2[C@H](C[C@H]2O)C1. The fourth-order valence-corrected chi connectivity index (χ4v) is 5.77. The highest BCUT2D eigenvalue weighted by Gasteiger charge is 2.43. The van der Waals surface area contributed by atoms with E-state index in [4.69, 9.17) is 10.5 Å². The van der Waals surface area contributed by atoms with Crippen molar-refractivity contribution in [1.29, 1.82) is 0 Å². The van der Waals surface area contributed by atoms with E-state index in [1.807, 2.05) is 11.8 Å². The van der Waals surface area contributed by atoms with Crippen molar-refractivity contribution in [2.45, 2.75) is 62.7 Å². The molecule has 0 spiro atoms. The van der Waals surface area contributed by atoms with Gasteiger partial charge >= 0.3 is 0 Å². The van der Waals surface area contributed by atoms with Crippen LogP contribution in [-0.2, 0) is 14.8 Å². The third-order valence-electron chi connectivity index (χ3n) is 5.15. The number of nitrogens with two attached hydrogens (primary N) is 1. The molecular formula is C15H31N3O4S. The van der Waals surface area contributed by atoms with Crippen molar-refractivity contribution < 1.29 is 18.3 Å². The molecule has 0 aromatic carbocycles. The van der Waals surface area contributed by atoms with Gasteiger partial charge in [0.05, 0.1) is 6.10 Å². The lowest BCUT2D eigenvalue weighted by Gasteiger charge is -2.49. The molecule has 0 radical (unpaired) electrons. The molecule has 2 heterocycles. The summed E-state index contributed by atoms with van der Waals surface area (Å²) >= 11 is 0. The number of hydrogen-bond acceptors (Lipinski definition) is 6. The molecule has 7 nitrogen and oxygen atoms in total. The Kier molecular flexibility index (Phi) is 6.82. The maximum Gasteiger partial charge on any atom is 0.219 e. The first-order chi connectivity index (χ1) is 10.9. The average molecular weight is 349 g/mol. The summed E-state index contributed by atoms with van der Waals surface area (Å²) in [5, 5.41) is 9.26. The highest BCUT2D eigenvalue weighted by atomic mass is 32.2. The summed E-state index contributed by atoms with van der Waals surface area (Å²) in [5.74, 6) is 0. The molecule has 0 amide bonds. The summed E-state index contributed by atoms with van der Waals surface area (Å²) in [5.41, 5.74) is 5.57. The summed E-state index contributed by atoms with van der Waals surface area (Å²) in [6, 6.07) is 0.132. The first kappa shape index (κ1) is 19.1. The number of aliphatic hydroxyl groups excluding tert-OH is 1. The number of rotatable bonds is 7. The van der Waals surface area contributed by atoms with E-state index in [0.29, 0.717) is 38.9 Å². The Morgan fingerprint density at radius 2 is 2.04 bits per heavy atom. The Morgan fingerprint density at radius 3 is 2.65 bits per heavy atom. The van der Waals surface area contributed by atoms with Crippen LogP contribution in [-0.4, -0.2) is 79.6 Å². The molecule has 3 N–H and O–H groups in total. The van der Waals surface area contributed by atoms with Gasteiger partial charge in [-0.05, 0) is 39.2 Å². The summed E-state index contributed by atoms with van der Waals surface area (Å²) in [6.45, 7) is 4.16. The lowest BCUT2D eigenvalue weighted by molar-refractivity contribution is -0.126. The Bertz CT molecular complexity index is 473. The van der Waals surface area contributed by atoms with E-state index in [9.17, 15) is 13.5 Å². The van der Waals surface area contributed by atoms with Crippen LogP contribution < -0.4 is 5.73 Å². The van der Waals surface area contributed by atoms with Gasteiger partial charge in [0.1, 0.15) is 11.5 Å². The van der Waals surface area contributed by atoms with Gasteiger partial charge in [0, 0.05) is 39.2 Å². The number of ether oxygens (including phenoxy) is 1. The molecule has 2 saturated heterocycles. The zero-order valence-electron chi connectivity index (χ0n) is 14.2. The van der Waals surface area contributed by atoms with Gasteiger partial charge in [0.2, 0.25) is 10.0 Å². The van der Waals surface area contributed by atoms with E-state index < -0.39 is 21.5 Å². The first-order valence-corrected chi connectivity index (χ1v) is 10.1. The molecule has 23 heavy (non-hydrogen) atoms. The Hall–Kier alpha value is -0.250. The second kappa shape index (κ2) is 8.22. The minimum absolute atomic E-state index is 0.132. The fourth-order valence-electron chi connectivity index (χ4n) is 3.56. The number of aliphatic hydroxyl groups is 1. The van der Waals surface area contributed by atoms with Crippen LogP contribution in [0.5, 0.6) is 0 Å². The summed E-state index contributed by atoms with van der Waals surface area (Å²) in [6.07, 6.45) is 2.79. The van der Waals surface area contributed by atoms with Crippen molar-refractivity contribution in [2.75, 3.05) is 33.3 Å². The van der Waals surface area contributed by atoms with E-state index in [-0.39, 0.29) is 12.1 Å². The highest BCUT2D eigenvalue weighted by Crippen LogP contribution is 2.29. The van der Waals surface area contributed by atoms with Crippen molar-refractivity contribution >= 4 is 10.0 Å². The maximum atomic E-state index is 13.1. The predicted octanol–water partition coefficient (Wildman–Crippen LogP) is -0.0529. The van der Waals surface area contributed by atoms with Gasteiger partial charge in [0.15, 0.2) is 0 Å². The van der Waals surface area contributed by atoms with E-state index in [1.165, 1.54) is 0 Å². The van der Waals surface area contributed by atoms with Crippen molar-refractivity contribution in [3.63, 3.8) is 0 Å². The number of fused-ring (bicyclic) bond motifs is 1. The minimum atomic E-state index is -3.44. The molecule has 2 unspecified atom stereocenters. The molecule has 2 aliphatic rings. The smallest absolute Gasteiger partial charge is 0.219 e. The molecule has 2 rings (SSSR count). The molecule has 0 bridgehead atoms. The normalized spacial score (nSPS) is 29.9. The summed E-state index contributed by atoms with van der Waals surface area (Å²) in [4.78, 5) is 2.01. The molecule has 0 saturated carbocycles. The molecule has 0 aromatic heterocycles. The largest absolute Gasteiger partial charge is 0.380 e. The zero-order chi connectivity index (χ0) is 17.0. The van der Waals surface area contributed by atoms with E-state index >= 15 is 0 Å². The van der Waals surface area contributed by atoms with Gasteiger partial charge in [-0.2, -0.15) is 0 Å². The lowest BCUT2D eigenvalue weighted by Crippen LogP contribution is -2.62. The third-order valence-corrected chi connectivity index (χ3v) is 7.59. The van der Waals surface area contributed by atoms with Crippen LogP contribution in [0.1, 0.15) is 39.0 Å². The van der Waals surface area contributed by atoms with Crippen LogP contribution in [0, 0.1) is 0 Å². The second-order valence-electron chi connectivity index (χ2n) is 6.63. The number of nitrogens with zero attached hydrogens (tertiary/aromatic N) is 2. The van der Waals surface area contributed by atoms with Crippen LogP contribution in [0.25, 0.3) is 0 Å². The van der Waals surface area contributed by atoms with Crippen LogP contribution in [0.2, 0.25) is 0 Å². The van der Waals surface area contributed by atoms with Gasteiger partial charge in [-0.15, -0.1) is 0 Å². The van der Waals surface area contributed by atoms with Crippen LogP contribution in [0.15, 0.2) is 0 Å². The van der Waals surface area contributed by atoms with Gasteiger partial charge in [-0.1, -0.05) is 0 Å². The van der Waals surface area contributed by atoms with Crippen molar-refractivity contribution in [1.82, 2.24) is 9.21 Å². The average Bonchev–Trinajstić information content (AvgIpc) is 2.49. The molecule has 4 atom stereocenters. The van der Waals surface area contributed by atoms with Crippen molar-refractivity contribution in [2.24, 2.45) is 5.73 Å². The van der Waals surface area contributed by atoms with E-state index in [1.54, 1.807) is 11.4 Å². The van der Waals surface area contributed by atoms with Crippen LogP contribution >= 0.6 is 0 Å². The Labute approximate surface area is 139 Å². The van der Waals surface area contributed by atoms with Crippen molar-refractivity contribution in [3.8, 4) is 0 Å². The lowest BCUT2D eigenvalue weighted by atomic mass is 9.98. The Balaban J connectivity index is 2.13. The molecule has 0 aromatic rings. The van der Waals surface area contributed by atoms with Crippen LogP contribution in [0.4, 0.5) is 0 Å². The summed E-state index contributed by atoms with van der Waals surface area (Å²) in [7, 11) is -1.89. The van der Waals surface area contributed by atoms with E-state index in [0.717, 1.165) is 19.4 Å². The molecule has 8 heteroatoms. The molecule has 2 aliphatic heterocycles. The maximum absolute atomic E-state index is 13.1. The quantitative estimate of drug-likeness (QED) is 0.669. The zero-order valence-corrected chi connectivity index (χ0v) is 15.0. The molecular weight excluding hydrogens is 318 g/mol. The summed E-state index contributed by atoms with van der Waals surface area (Å²) < 4.78 is 33.2. The first-order valence-electron chi connectivity index (χ1n) is 8.57. The van der Waals surface area contributed by atoms with Gasteiger partial charge in [-0.3, -0.25) is 4.90 Å². The Morgan fingerprint density at radius 1 is 1.35 bits per heavy atom. The molecule has 2 fully saturated rings. The topological polar surface area (TPSA) is 96.1 Å². The van der Waals surface area contributed by atoms with Crippen molar-refractivity contribution in [3.05, 3.63) is 0 Å².